The van der Waals surface area contributed by atoms with E-state index < -0.39 is 18.4 Å². The Morgan fingerprint density at radius 3 is 2.69 bits per heavy atom. The lowest BCUT2D eigenvalue weighted by molar-refractivity contribution is -0.129. The SMILES string of the molecule is C=C/N=C1/C(C(=O)N(C)CC(C)(F)F)=CC=C/C1=C(/C)NCCN1CCCCC1. The predicted octanol–water partition coefficient (Wildman–Crippen LogP) is 3.53. The van der Waals surface area contributed by atoms with Crippen LogP contribution in [0.4, 0.5) is 8.78 Å². The second-order valence-corrected chi connectivity index (χ2v) is 7.70. The molecule has 0 aromatic rings. The van der Waals surface area contributed by atoms with E-state index in [9.17, 15) is 13.6 Å². The molecule has 1 aliphatic heterocycles. The van der Waals surface area contributed by atoms with Gasteiger partial charge in [-0.1, -0.05) is 25.2 Å². The van der Waals surface area contributed by atoms with Gasteiger partial charge in [0.1, 0.15) is 0 Å². The predicted molar refractivity (Wildman–Crippen MR) is 114 cm³/mol. The van der Waals surface area contributed by atoms with Crippen LogP contribution in [-0.2, 0) is 4.79 Å². The first-order chi connectivity index (χ1) is 13.7. The molecule has 0 unspecified atom stereocenters. The van der Waals surface area contributed by atoms with Gasteiger partial charge >= 0.3 is 0 Å². The first-order valence-electron chi connectivity index (χ1n) is 10.1. The van der Waals surface area contributed by atoms with Crippen molar-refractivity contribution in [3.8, 4) is 0 Å². The van der Waals surface area contributed by atoms with Crippen molar-refractivity contribution in [1.82, 2.24) is 15.1 Å². The van der Waals surface area contributed by atoms with Crippen LogP contribution in [0.25, 0.3) is 0 Å². The molecule has 1 fully saturated rings. The average molecular weight is 407 g/mol. The van der Waals surface area contributed by atoms with Crippen LogP contribution in [0.3, 0.4) is 0 Å². The number of amides is 1. The van der Waals surface area contributed by atoms with E-state index >= 15 is 0 Å². The van der Waals surface area contributed by atoms with E-state index in [1.807, 2.05) is 13.0 Å². The van der Waals surface area contributed by atoms with Crippen molar-refractivity contribution < 1.29 is 13.6 Å². The summed E-state index contributed by atoms with van der Waals surface area (Å²) in [5.74, 6) is -3.45. The number of likely N-dealkylation sites (N-methyl/N-ethyl adjacent to an activating group) is 1. The molecule has 0 saturated carbocycles. The molecule has 1 aliphatic carbocycles. The molecule has 0 radical (unpaired) electrons. The summed E-state index contributed by atoms with van der Waals surface area (Å²) in [6, 6.07) is 0. The molecule has 29 heavy (non-hydrogen) atoms. The van der Waals surface area contributed by atoms with Gasteiger partial charge in [0.2, 0.25) is 0 Å². The van der Waals surface area contributed by atoms with Crippen molar-refractivity contribution >= 4 is 11.6 Å². The molecule has 0 bridgehead atoms. The van der Waals surface area contributed by atoms with E-state index in [1.54, 1.807) is 12.2 Å². The summed E-state index contributed by atoms with van der Waals surface area (Å²) in [6.07, 6.45) is 10.4. The zero-order valence-corrected chi connectivity index (χ0v) is 17.7. The summed E-state index contributed by atoms with van der Waals surface area (Å²) >= 11 is 0. The van der Waals surface area contributed by atoms with Crippen LogP contribution in [0, 0.1) is 0 Å². The van der Waals surface area contributed by atoms with Gasteiger partial charge in [-0.25, -0.2) is 8.78 Å². The molecule has 1 heterocycles. The lowest BCUT2D eigenvalue weighted by Gasteiger charge is -2.27. The van der Waals surface area contributed by atoms with Gasteiger partial charge in [0, 0.05) is 44.5 Å². The number of hydrogen-bond donors (Lipinski definition) is 1. The van der Waals surface area contributed by atoms with Gasteiger partial charge in [-0.2, -0.15) is 0 Å². The molecule has 2 aliphatic rings. The summed E-state index contributed by atoms with van der Waals surface area (Å²) in [4.78, 5) is 20.5. The molecule has 0 atom stereocenters. The monoisotopic (exact) mass is 406 g/mol. The highest BCUT2D eigenvalue weighted by molar-refractivity contribution is 6.30. The fourth-order valence-electron chi connectivity index (χ4n) is 3.62. The number of allylic oxidation sites excluding steroid dienone is 5. The molecule has 0 spiro atoms. The number of nitrogens with zero attached hydrogens (tertiary/aromatic N) is 3. The Morgan fingerprint density at radius 2 is 2.07 bits per heavy atom. The molecule has 2 rings (SSSR count). The van der Waals surface area contributed by atoms with E-state index in [0.29, 0.717) is 5.71 Å². The zero-order chi connectivity index (χ0) is 21.4. The van der Waals surface area contributed by atoms with Gasteiger partial charge in [-0.05, 0) is 38.9 Å². The van der Waals surface area contributed by atoms with Crippen LogP contribution < -0.4 is 5.32 Å². The second-order valence-electron chi connectivity index (χ2n) is 7.70. The quantitative estimate of drug-likeness (QED) is 0.671. The van der Waals surface area contributed by atoms with Crippen LogP contribution in [0.15, 0.2) is 52.8 Å². The zero-order valence-electron chi connectivity index (χ0n) is 17.7. The van der Waals surface area contributed by atoms with E-state index in [4.69, 9.17) is 0 Å². The van der Waals surface area contributed by atoms with Gasteiger partial charge in [0.05, 0.1) is 17.8 Å². The number of nitrogens with one attached hydrogen (secondary N) is 1. The standard InChI is InChI=1S/C22H32F2N4O/c1-5-25-20-18(17(2)26-12-15-28-13-7-6-8-14-28)10-9-11-19(20)21(29)27(4)16-22(3,23)24/h5,9-11,26H,1,6-8,12-16H2,2-4H3/b18-17+,25-20+. The Bertz CT molecular complexity index is 726. The summed E-state index contributed by atoms with van der Waals surface area (Å²) in [5, 5.41) is 3.41. The number of likely N-dealkylation sites (tertiary alicyclic amines) is 1. The fraction of sp³-hybridized carbons (Fsp3) is 0.545. The van der Waals surface area contributed by atoms with E-state index in [1.165, 1.54) is 32.5 Å². The maximum Gasteiger partial charge on any atom is 0.262 e. The van der Waals surface area contributed by atoms with E-state index in [0.717, 1.165) is 49.3 Å². The van der Waals surface area contributed by atoms with Crippen molar-refractivity contribution in [1.29, 1.82) is 0 Å². The maximum atomic E-state index is 13.3. The largest absolute Gasteiger partial charge is 0.387 e. The number of halogens is 2. The van der Waals surface area contributed by atoms with Crippen molar-refractivity contribution in [2.24, 2.45) is 4.99 Å². The van der Waals surface area contributed by atoms with Crippen LogP contribution >= 0.6 is 0 Å². The highest BCUT2D eigenvalue weighted by atomic mass is 19.3. The van der Waals surface area contributed by atoms with Gasteiger partial charge < -0.3 is 15.1 Å². The molecular weight excluding hydrogens is 374 g/mol. The highest BCUT2D eigenvalue weighted by Crippen LogP contribution is 2.22. The summed E-state index contributed by atoms with van der Waals surface area (Å²) in [5.41, 5.74) is 2.39. The molecule has 1 amide bonds. The number of piperidine rings is 1. The molecule has 5 nitrogen and oxygen atoms in total. The highest BCUT2D eigenvalue weighted by Gasteiger charge is 2.30. The molecule has 1 saturated heterocycles. The normalized spacial score (nSPS) is 21.0. The number of alkyl halides is 2. The molecule has 0 aromatic carbocycles. The van der Waals surface area contributed by atoms with Crippen molar-refractivity contribution in [3.63, 3.8) is 0 Å². The van der Waals surface area contributed by atoms with Crippen LogP contribution in [0.2, 0.25) is 0 Å². The topological polar surface area (TPSA) is 47.9 Å². The maximum absolute atomic E-state index is 13.3. The third-order valence-corrected chi connectivity index (χ3v) is 5.02. The van der Waals surface area contributed by atoms with Crippen molar-refractivity contribution in [2.75, 3.05) is 39.8 Å². The van der Waals surface area contributed by atoms with E-state index in [2.05, 4.69) is 21.8 Å². The smallest absolute Gasteiger partial charge is 0.262 e. The van der Waals surface area contributed by atoms with Crippen molar-refractivity contribution in [3.05, 3.63) is 47.9 Å². The minimum absolute atomic E-state index is 0.284. The minimum atomic E-state index is -2.96. The summed E-state index contributed by atoms with van der Waals surface area (Å²) in [6.45, 7) is 9.74. The number of rotatable bonds is 8. The second kappa shape index (κ2) is 10.5. The van der Waals surface area contributed by atoms with Gasteiger partial charge in [-0.15, -0.1) is 0 Å². The summed E-state index contributed by atoms with van der Waals surface area (Å²) < 4.78 is 26.7. The number of hydrogen-bond acceptors (Lipinski definition) is 4. The lowest BCUT2D eigenvalue weighted by Crippen LogP contribution is -2.39. The number of carbonyl (C=O) groups is 1. The number of aliphatic imine (C=N–C) groups is 1. The molecule has 7 heteroatoms. The average Bonchev–Trinajstić information content (AvgIpc) is 2.67. The Balaban J connectivity index is 2.12. The lowest BCUT2D eigenvalue weighted by atomic mass is 9.94. The minimum Gasteiger partial charge on any atom is -0.387 e. The van der Waals surface area contributed by atoms with Crippen LogP contribution in [-0.4, -0.2) is 67.1 Å². The molecule has 1 N–H and O–H groups in total. The number of carbonyl (C=O) groups excluding carboxylic acids is 1. The van der Waals surface area contributed by atoms with Crippen molar-refractivity contribution in [2.45, 2.75) is 39.0 Å². The first kappa shape index (κ1) is 23.0. The molecular formula is C22H32F2N4O. The van der Waals surface area contributed by atoms with E-state index in [-0.39, 0.29) is 5.57 Å². The third-order valence-electron chi connectivity index (χ3n) is 5.02. The van der Waals surface area contributed by atoms with Crippen LogP contribution in [0.1, 0.15) is 33.1 Å². The summed E-state index contributed by atoms with van der Waals surface area (Å²) in [7, 11) is 1.37. The molecule has 160 valence electrons. The Hall–Kier alpha value is -2.28. The van der Waals surface area contributed by atoms with Gasteiger partial charge in [0.25, 0.3) is 11.8 Å². The Kier molecular flexibility index (Phi) is 8.32. The first-order valence-corrected chi connectivity index (χ1v) is 10.1. The fourth-order valence-corrected chi connectivity index (χ4v) is 3.62. The van der Waals surface area contributed by atoms with Gasteiger partial charge in [-0.3, -0.25) is 9.79 Å². The van der Waals surface area contributed by atoms with Crippen LogP contribution in [0.5, 0.6) is 0 Å². The Morgan fingerprint density at radius 1 is 1.38 bits per heavy atom. The van der Waals surface area contributed by atoms with Gasteiger partial charge in [0.15, 0.2) is 0 Å². The molecule has 0 aromatic heterocycles. The Labute approximate surface area is 172 Å². The third kappa shape index (κ3) is 6.92.